The number of aromatic carboxylic acids is 1. The van der Waals surface area contributed by atoms with E-state index in [0.29, 0.717) is 0 Å². The molecule has 2 rings (SSSR count). The van der Waals surface area contributed by atoms with Crippen molar-refractivity contribution in [2.75, 3.05) is 0 Å². The molecule has 0 spiro atoms. The Morgan fingerprint density at radius 1 is 1.33 bits per heavy atom. The summed E-state index contributed by atoms with van der Waals surface area (Å²) in [6.45, 7) is 1.54. The van der Waals surface area contributed by atoms with Gasteiger partial charge < -0.3 is 10.4 Å². The van der Waals surface area contributed by atoms with E-state index in [9.17, 15) is 14.4 Å². The first-order valence-corrected chi connectivity index (χ1v) is 7.12. The topological polar surface area (TPSA) is 101 Å². The fourth-order valence-electron chi connectivity index (χ4n) is 2.50. The zero-order chi connectivity index (χ0) is 15.4. The predicted molar refractivity (Wildman–Crippen MR) is 75.2 cm³/mol. The smallest absolute Gasteiger partial charge is 0.356 e. The fourth-order valence-corrected chi connectivity index (χ4v) is 2.50. The van der Waals surface area contributed by atoms with Gasteiger partial charge in [0.1, 0.15) is 6.04 Å². The minimum absolute atomic E-state index is 0.132. The molecule has 1 unspecified atom stereocenters. The van der Waals surface area contributed by atoms with E-state index < -0.39 is 17.6 Å². The van der Waals surface area contributed by atoms with E-state index in [-0.39, 0.29) is 17.6 Å². The van der Waals surface area contributed by atoms with Crippen molar-refractivity contribution < 1.29 is 14.7 Å². The van der Waals surface area contributed by atoms with Gasteiger partial charge in [-0.25, -0.2) is 9.48 Å². The van der Waals surface area contributed by atoms with Gasteiger partial charge >= 0.3 is 5.97 Å². The SMILES string of the molecule is CC(C(=O)NC1CCCCC1)n1nc(C(=O)O)ccc1=O. The molecular formula is C14H19N3O4. The van der Waals surface area contributed by atoms with Gasteiger partial charge in [-0.05, 0) is 25.8 Å². The van der Waals surface area contributed by atoms with Gasteiger partial charge in [-0.3, -0.25) is 9.59 Å². The molecule has 1 heterocycles. The first-order valence-electron chi connectivity index (χ1n) is 7.12. The van der Waals surface area contributed by atoms with Gasteiger partial charge in [-0.2, -0.15) is 5.10 Å². The molecule has 7 nitrogen and oxygen atoms in total. The third-order valence-corrected chi connectivity index (χ3v) is 3.74. The Bertz CT molecular complexity index is 590. The van der Waals surface area contributed by atoms with Crippen molar-refractivity contribution in [1.29, 1.82) is 0 Å². The number of nitrogens with one attached hydrogen (secondary N) is 1. The van der Waals surface area contributed by atoms with Crippen LogP contribution >= 0.6 is 0 Å². The van der Waals surface area contributed by atoms with Crippen molar-refractivity contribution in [3.8, 4) is 0 Å². The summed E-state index contributed by atoms with van der Waals surface area (Å²) in [4.78, 5) is 34.8. The monoisotopic (exact) mass is 293 g/mol. The highest BCUT2D eigenvalue weighted by Gasteiger charge is 2.22. The highest BCUT2D eigenvalue weighted by atomic mass is 16.4. The van der Waals surface area contributed by atoms with E-state index in [2.05, 4.69) is 10.4 Å². The van der Waals surface area contributed by atoms with Gasteiger partial charge in [0.05, 0.1) is 0 Å². The number of rotatable bonds is 4. The van der Waals surface area contributed by atoms with Gasteiger partial charge in [-0.1, -0.05) is 19.3 Å². The zero-order valence-corrected chi connectivity index (χ0v) is 11.9. The number of carbonyl (C=O) groups excluding carboxylic acids is 1. The van der Waals surface area contributed by atoms with Crippen molar-refractivity contribution in [3.63, 3.8) is 0 Å². The molecule has 1 aromatic heterocycles. The van der Waals surface area contributed by atoms with Crippen LogP contribution in [0.5, 0.6) is 0 Å². The molecule has 1 aromatic rings. The third kappa shape index (κ3) is 3.68. The number of carboxylic acids is 1. The fraction of sp³-hybridized carbons (Fsp3) is 0.571. The lowest BCUT2D eigenvalue weighted by Crippen LogP contribution is -2.42. The molecule has 21 heavy (non-hydrogen) atoms. The van der Waals surface area contributed by atoms with E-state index in [4.69, 9.17) is 5.11 Å². The first-order chi connectivity index (χ1) is 9.99. The lowest BCUT2D eigenvalue weighted by Gasteiger charge is -2.24. The maximum atomic E-state index is 12.2. The van der Waals surface area contributed by atoms with Gasteiger partial charge in [0.15, 0.2) is 5.69 Å². The van der Waals surface area contributed by atoms with Crippen LogP contribution in [-0.4, -0.2) is 32.8 Å². The van der Waals surface area contributed by atoms with E-state index in [0.717, 1.165) is 42.5 Å². The molecule has 2 N–H and O–H groups in total. The maximum absolute atomic E-state index is 12.2. The normalized spacial score (nSPS) is 17.2. The summed E-state index contributed by atoms with van der Waals surface area (Å²) in [6.07, 6.45) is 5.24. The van der Waals surface area contributed by atoms with Crippen molar-refractivity contribution in [1.82, 2.24) is 15.1 Å². The summed E-state index contributed by atoms with van der Waals surface area (Å²) >= 11 is 0. The van der Waals surface area contributed by atoms with E-state index in [1.54, 1.807) is 0 Å². The molecule has 1 aliphatic rings. The maximum Gasteiger partial charge on any atom is 0.356 e. The lowest BCUT2D eigenvalue weighted by atomic mass is 9.95. The first kappa shape index (κ1) is 15.2. The van der Waals surface area contributed by atoms with Crippen LogP contribution in [0.1, 0.15) is 55.6 Å². The van der Waals surface area contributed by atoms with E-state index in [1.807, 2.05) is 0 Å². The number of carboxylic acid groups (broad SMARTS) is 1. The van der Waals surface area contributed by atoms with E-state index >= 15 is 0 Å². The second kappa shape index (κ2) is 6.51. The van der Waals surface area contributed by atoms with Crippen LogP contribution in [0.2, 0.25) is 0 Å². The summed E-state index contributed by atoms with van der Waals surface area (Å²) in [5.41, 5.74) is -0.752. The Morgan fingerprint density at radius 2 is 2.00 bits per heavy atom. The number of hydrogen-bond acceptors (Lipinski definition) is 4. The Morgan fingerprint density at radius 3 is 2.62 bits per heavy atom. The van der Waals surface area contributed by atoms with Crippen LogP contribution in [0.25, 0.3) is 0 Å². The second-order valence-electron chi connectivity index (χ2n) is 5.33. The molecule has 1 saturated carbocycles. The average Bonchev–Trinajstić information content (AvgIpc) is 2.47. The van der Waals surface area contributed by atoms with Crippen molar-refractivity contribution >= 4 is 11.9 Å². The number of amides is 1. The number of hydrogen-bond donors (Lipinski definition) is 2. The molecule has 7 heteroatoms. The van der Waals surface area contributed by atoms with Crippen LogP contribution in [0, 0.1) is 0 Å². The Hall–Kier alpha value is -2.18. The predicted octanol–water partition coefficient (Wildman–Crippen LogP) is 0.951. The Labute approximate surface area is 122 Å². The summed E-state index contributed by atoms with van der Waals surface area (Å²) in [6, 6.07) is 1.54. The van der Waals surface area contributed by atoms with E-state index in [1.165, 1.54) is 13.3 Å². The zero-order valence-electron chi connectivity index (χ0n) is 11.9. The number of carbonyl (C=O) groups is 2. The lowest BCUT2D eigenvalue weighted by molar-refractivity contribution is -0.125. The summed E-state index contributed by atoms with van der Waals surface area (Å²) in [7, 11) is 0. The third-order valence-electron chi connectivity index (χ3n) is 3.74. The molecule has 0 bridgehead atoms. The van der Waals surface area contributed by atoms with Gasteiger partial charge in [-0.15, -0.1) is 0 Å². The van der Waals surface area contributed by atoms with Crippen LogP contribution in [0.15, 0.2) is 16.9 Å². The molecule has 0 radical (unpaired) electrons. The molecule has 0 aliphatic heterocycles. The second-order valence-corrected chi connectivity index (χ2v) is 5.33. The van der Waals surface area contributed by atoms with Crippen molar-refractivity contribution in [3.05, 3.63) is 28.2 Å². The molecule has 1 atom stereocenters. The highest BCUT2D eigenvalue weighted by Crippen LogP contribution is 2.18. The molecular weight excluding hydrogens is 274 g/mol. The number of aromatic nitrogens is 2. The quantitative estimate of drug-likeness (QED) is 0.860. The molecule has 1 amide bonds. The van der Waals surface area contributed by atoms with Crippen molar-refractivity contribution in [2.45, 2.75) is 51.1 Å². The summed E-state index contributed by atoms with van der Waals surface area (Å²) < 4.78 is 0.918. The highest BCUT2D eigenvalue weighted by molar-refractivity contribution is 5.85. The molecule has 0 saturated heterocycles. The van der Waals surface area contributed by atoms with Crippen LogP contribution in [0.4, 0.5) is 0 Å². The number of nitrogens with zero attached hydrogens (tertiary/aromatic N) is 2. The van der Waals surface area contributed by atoms with Gasteiger partial charge in [0.25, 0.3) is 5.56 Å². The minimum Gasteiger partial charge on any atom is -0.476 e. The Kier molecular flexibility index (Phi) is 4.72. The van der Waals surface area contributed by atoms with Crippen LogP contribution in [-0.2, 0) is 4.79 Å². The van der Waals surface area contributed by atoms with Crippen LogP contribution in [0.3, 0.4) is 0 Å². The largest absolute Gasteiger partial charge is 0.476 e. The van der Waals surface area contributed by atoms with Gasteiger partial charge in [0.2, 0.25) is 5.91 Å². The minimum atomic E-state index is -1.23. The van der Waals surface area contributed by atoms with Crippen LogP contribution < -0.4 is 10.9 Å². The molecule has 114 valence electrons. The Balaban J connectivity index is 2.12. The summed E-state index contributed by atoms with van der Waals surface area (Å²) in [5.74, 6) is -1.54. The average molecular weight is 293 g/mol. The standard InChI is InChI=1S/C14H19N3O4/c1-9(13(19)15-10-5-3-2-4-6-10)17-12(18)8-7-11(16-17)14(20)21/h7-10H,2-6H2,1H3,(H,15,19)(H,20,21). The van der Waals surface area contributed by atoms with Crippen molar-refractivity contribution in [2.24, 2.45) is 0 Å². The molecule has 1 fully saturated rings. The molecule has 1 aliphatic carbocycles. The van der Waals surface area contributed by atoms with Gasteiger partial charge in [0, 0.05) is 12.1 Å². The summed E-state index contributed by atoms with van der Waals surface area (Å²) in [5, 5.41) is 15.5. The molecule has 0 aromatic carbocycles.